The largest absolute Gasteiger partial charge is 0.360 e. The number of nitrogens with zero attached hydrogens (tertiary/aromatic N) is 3. The van der Waals surface area contributed by atoms with E-state index in [0.29, 0.717) is 16.5 Å². The zero-order valence-electron chi connectivity index (χ0n) is 14.6. The molecule has 0 unspecified atom stereocenters. The molecule has 3 aromatic heterocycles. The molecule has 3 rings (SSSR count). The van der Waals surface area contributed by atoms with E-state index in [1.807, 2.05) is 13.8 Å². The zero-order valence-corrected chi connectivity index (χ0v) is 15.5. The summed E-state index contributed by atoms with van der Waals surface area (Å²) < 4.78 is 4.98. The van der Waals surface area contributed by atoms with Crippen LogP contribution in [0.1, 0.15) is 53.3 Å². The molecule has 0 aliphatic carbocycles. The number of fused-ring (bicyclic) bond motifs is 1. The van der Waals surface area contributed by atoms with E-state index < -0.39 is 0 Å². The van der Waals surface area contributed by atoms with Crippen LogP contribution >= 0.6 is 11.3 Å². The summed E-state index contributed by atoms with van der Waals surface area (Å²) in [6.07, 6.45) is 0. The smallest absolute Gasteiger partial charge is 0.267 e. The van der Waals surface area contributed by atoms with E-state index in [1.165, 1.54) is 11.3 Å². The van der Waals surface area contributed by atoms with Gasteiger partial charge in [-0.25, -0.2) is 9.97 Å². The van der Waals surface area contributed by atoms with Crippen molar-refractivity contribution in [3.05, 3.63) is 33.8 Å². The Bertz CT molecular complexity index is 934. The number of anilines is 1. The zero-order chi connectivity index (χ0) is 17.6. The van der Waals surface area contributed by atoms with Crippen molar-refractivity contribution in [1.29, 1.82) is 0 Å². The third kappa shape index (κ3) is 2.91. The fraction of sp³-hybridized carbons (Fsp3) is 0.412. The number of hydrogen-bond donors (Lipinski definition) is 1. The third-order valence-electron chi connectivity index (χ3n) is 3.72. The van der Waals surface area contributed by atoms with Crippen molar-refractivity contribution in [1.82, 2.24) is 15.1 Å². The van der Waals surface area contributed by atoms with E-state index >= 15 is 0 Å². The summed E-state index contributed by atoms with van der Waals surface area (Å²) in [5.41, 5.74) is 1.65. The van der Waals surface area contributed by atoms with Gasteiger partial charge < -0.3 is 9.84 Å². The molecule has 24 heavy (non-hydrogen) atoms. The van der Waals surface area contributed by atoms with Gasteiger partial charge in [0.15, 0.2) is 5.82 Å². The second kappa shape index (κ2) is 5.66. The molecule has 3 heterocycles. The van der Waals surface area contributed by atoms with Crippen molar-refractivity contribution in [3.8, 4) is 0 Å². The van der Waals surface area contributed by atoms with E-state index in [0.717, 1.165) is 27.3 Å². The molecule has 0 radical (unpaired) electrons. The normalized spacial score (nSPS) is 11.9. The van der Waals surface area contributed by atoms with Crippen molar-refractivity contribution in [2.45, 2.75) is 47.0 Å². The molecule has 0 saturated carbocycles. The van der Waals surface area contributed by atoms with Crippen molar-refractivity contribution in [2.75, 3.05) is 5.32 Å². The van der Waals surface area contributed by atoms with Crippen LogP contribution in [0, 0.1) is 20.8 Å². The number of carbonyl (C=O) groups is 1. The summed E-state index contributed by atoms with van der Waals surface area (Å²) in [6.45, 7) is 11.9. The van der Waals surface area contributed by atoms with Crippen LogP contribution in [0.15, 0.2) is 10.6 Å². The van der Waals surface area contributed by atoms with Gasteiger partial charge >= 0.3 is 0 Å². The molecular formula is C17H20N4O2S. The Morgan fingerprint density at radius 1 is 1.21 bits per heavy atom. The van der Waals surface area contributed by atoms with Crippen LogP contribution in [-0.2, 0) is 5.41 Å². The number of rotatable bonds is 2. The molecule has 1 amide bonds. The van der Waals surface area contributed by atoms with Crippen LogP contribution < -0.4 is 5.32 Å². The van der Waals surface area contributed by atoms with Gasteiger partial charge in [-0.15, -0.1) is 11.3 Å². The number of carbonyl (C=O) groups excluding carboxylic acids is 1. The maximum Gasteiger partial charge on any atom is 0.267 e. The number of hydrogen-bond acceptors (Lipinski definition) is 6. The van der Waals surface area contributed by atoms with Gasteiger partial charge in [0, 0.05) is 16.9 Å². The molecular weight excluding hydrogens is 324 g/mol. The highest BCUT2D eigenvalue weighted by Gasteiger charge is 2.23. The first-order valence-corrected chi connectivity index (χ1v) is 8.51. The number of thiophene rings is 1. The third-order valence-corrected chi connectivity index (χ3v) is 4.90. The quantitative estimate of drug-likeness (QED) is 0.755. The van der Waals surface area contributed by atoms with Crippen LogP contribution in [-0.4, -0.2) is 21.0 Å². The first-order chi connectivity index (χ1) is 11.2. The van der Waals surface area contributed by atoms with Gasteiger partial charge in [0.2, 0.25) is 0 Å². The lowest BCUT2D eigenvalue weighted by Crippen LogP contribution is -2.16. The molecule has 6 nitrogen and oxygen atoms in total. The lowest BCUT2D eigenvalue weighted by atomic mass is 9.95. The molecule has 0 fully saturated rings. The van der Waals surface area contributed by atoms with Gasteiger partial charge in [-0.2, -0.15) is 0 Å². The van der Waals surface area contributed by atoms with E-state index in [4.69, 9.17) is 4.52 Å². The molecule has 0 spiro atoms. The highest BCUT2D eigenvalue weighted by Crippen LogP contribution is 2.33. The maximum absolute atomic E-state index is 12.6. The molecule has 3 aromatic rings. The second-order valence-corrected chi connectivity index (χ2v) is 7.89. The number of amides is 1. The van der Waals surface area contributed by atoms with Crippen molar-refractivity contribution < 1.29 is 9.32 Å². The highest BCUT2D eigenvalue weighted by atomic mass is 32.1. The Labute approximate surface area is 144 Å². The average Bonchev–Trinajstić information content (AvgIpc) is 3.02. The van der Waals surface area contributed by atoms with Gasteiger partial charge in [-0.1, -0.05) is 25.9 Å². The van der Waals surface area contributed by atoms with E-state index in [1.54, 1.807) is 13.0 Å². The molecule has 0 saturated heterocycles. The SMILES string of the molecule is Cc1cc(NC(=O)c2sc3nc(C(C)(C)C)nc(C)c3c2C)no1. The van der Waals surface area contributed by atoms with Gasteiger partial charge in [-0.3, -0.25) is 4.79 Å². The van der Waals surface area contributed by atoms with Gasteiger partial charge in [-0.05, 0) is 26.3 Å². The molecule has 0 bridgehead atoms. The Hall–Kier alpha value is -2.28. The minimum Gasteiger partial charge on any atom is -0.360 e. The summed E-state index contributed by atoms with van der Waals surface area (Å²) in [5.74, 6) is 1.63. The van der Waals surface area contributed by atoms with E-state index in [9.17, 15) is 4.79 Å². The molecule has 0 aliphatic rings. The average molecular weight is 344 g/mol. The van der Waals surface area contributed by atoms with Crippen LogP contribution in [0.25, 0.3) is 10.2 Å². The standard InChI is InChI=1S/C17H20N4O2S/c1-8-7-11(21-23-8)19-14(22)13-9(2)12-10(3)18-16(17(4,5)6)20-15(12)24-13/h7H,1-6H3,(H,19,21,22). The summed E-state index contributed by atoms with van der Waals surface area (Å²) in [4.78, 5) is 23.3. The van der Waals surface area contributed by atoms with Gasteiger partial charge in [0.1, 0.15) is 16.4 Å². The predicted molar refractivity (Wildman–Crippen MR) is 94.8 cm³/mol. The highest BCUT2D eigenvalue weighted by molar-refractivity contribution is 7.20. The van der Waals surface area contributed by atoms with Crippen LogP contribution in [0.3, 0.4) is 0 Å². The number of nitrogens with one attached hydrogen (secondary N) is 1. The summed E-state index contributed by atoms with van der Waals surface area (Å²) in [7, 11) is 0. The topological polar surface area (TPSA) is 80.9 Å². The van der Waals surface area contributed by atoms with Gasteiger partial charge in [0.25, 0.3) is 5.91 Å². The molecule has 0 atom stereocenters. The number of aryl methyl sites for hydroxylation is 3. The minimum absolute atomic E-state index is 0.141. The minimum atomic E-state index is -0.208. The Balaban J connectivity index is 2.04. The Kier molecular flexibility index (Phi) is 3.91. The van der Waals surface area contributed by atoms with E-state index in [-0.39, 0.29) is 11.3 Å². The predicted octanol–water partition coefficient (Wildman–Crippen LogP) is 4.15. The van der Waals surface area contributed by atoms with Crippen LogP contribution in [0.5, 0.6) is 0 Å². The Morgan fingerprint density at radius 3 is 2.50 bits per heavy atom. The molecule has 0 aliphatic heterocycles. The first-order valence-electron chi connectivity index (χ1n) is 7.69. The monoisotopic (exact) mass is 344 g/mol. The molecule has 0 aromatic carbocycles. The van der Waals surface area contributed by atoms with Crippen LogP contribution in [0.2, 0.25) is 0 Å². The van der Waals surface area contributed by atoms with Crippen molar-refractivity contribution in [2.24, 2.45) is 0 Å². The first kappa shape index (κ1) is 16.6. The summed E-state index contributed by atoms with van der Waals surface area (Å²) >= 11 is 1.38. The van der Waals surface area contributed by atoms with Crippen LogP contribution in [0.4, 0.5) is 5.82 Å². The lowest BCUT2D eigenvalue weighted by molar-refractivity contribution is 0.102. The molecule has 1 N–H and O–H groups in total. The fourth-order valence-electron chi connectivity index (χ4n) is 2.49. The van der Waals surface area contributed by atoms with Crippen molar-refractivity contribution >= 4 is 33.3 Å². The van der Waals surface area contributed by atoms with Gasteiger partial charge in [0.05, 0.1) is 10.6 Å². The lowest BCUT2D eigenvalue weighted by Gasteiger charge is -2.16. The second-order valence-electron chi connectivity index (χ2n) is 6.90. The molecule has 7 heteroatoms. The Morgan fingerprint density at radius 2 is 1.92 bits per heavy atom. The number of aromatic nitrogens is 3. The van der Waals surface area contributed by atoms with E-state index in [2.05, 4.69) is 41.2 Å². The fourth-order valence-corrected chi connectivity index (χ4v) is 3.62. The summed E-state index contributed by atoms with van der Waals surface area (Å²) in [5, 5.41) is 7.52. The maximum atomic E-state index is 12.6. The molecule has 126 valence electrons. The van der Waals surface area contributed by atoms with Crippen molar-refractivity contribution in [3.63, 3.8) is 0 Å². The summed E-state index contributed by atoms with van der Waals surface area (Å²) in [6, 6.07) is 1.68.